The molecule has 1 aromatic carbocycles. The maximum absolute atomic E-state index is 12.7. The van der Waals surface area contributed by atoms with Crippen molar-refractivity contribution in [3.63, 3.8) is 0 Å². The Morgan fingerprint density at radius 3 is 2.53 bits per heavy atom. The molecule has 1 aromatic heterocycles. The number of nitrogens with zero attached hydrogens (tertiary/aromatic N) is 2. The lowest BCUT2D eigenvalue weighted by Crippen LogP contribution is -2.38. The number of benzene rings is 1. The van der Waals surface area contributed by atoms with E-state index >= 15 is 0 Å². The minimum Gasteiger partial charge on any atom is -0.493 e. The summed E-state index contributed by atoms with van der Waals surface area (Å²) in [6, 6.07) is 3.04. The number of rotatable bonds is 11. The van der Waals surface area contributed by atoms with Gasteiger partial charge in [-0.1, -0.05) is 0 Å². The van der Waals surface area contributed by atoms with Crippen molar-refractivity contribution >= 4 is 22.8 Å². The molecule has 1 unspecified atom stereocenters. The quantitative estimate of drug-likeness (QED) is 0.532. The van der Waals surface area contributed by atoms with E-state index in [0.29, 0.717) is 35.4 Å². The van der Waals surface area contributed by atoms with Gasteiger partial charge in [0.05, 0.1) is 38.1 Å². The number of nitrogens with one attached hydrogen (secondary N) is 1. The molecule has 0 aliphatic carbocycles. The van der Waals surface area contributed by atoms with E-state index in [1.165, 1.54) is 32.2 Å². The summed E-state index contributed by atoms with van der Waals surface area (Å²) in [6.45, 7) is 2.07. The van der Waals surface area contributed by atoms with E-state index in [0.717, 1.165) is 0 Å². The summed E-state index contributed by atoms with van der Waals surface area (Å²) in [5.41, 5.74) is 0.239. The zero-order valence-electron chi connectivity index (χ0n) is 17.6. The summed E-state index contributed by atoms with van der Waals surface area (Å²) in [7, 11) is 4.53. The molecular formula is C20H27N3O7. The van der Waals surface area contributed by atoms with Crippen LogP contribution in [0, 0.1) is 0 Å². The van der Waals surface area contributed by atoms with Gasteiger partial charge in [0, 0.05) is 32.2 Å². The molecule has 0 bridgehead atoms. The van der Waals surface area contributed by atoms with Gasteiger partial charge in [-0.25, -0.2) is 4.98 Å². The zero-order valence-corrected chi connectivity index (χ0v) is 17.6. The van der Waals surface area contributed by atoms with Gasteiger partial charge >= 0.3 is 5.97 Å². The first-order valence-corrected chi connectivity index (χ1v) is 9.44. The molecule has 0 radical (unpaired) electrons. The molecule has 1 heterocycles. The van der Waals surface area contributed by atoms with E-state index in [4.69, 9.17) is 18.9 Å². The average molecular weight is 421 g/mol. The minimum atomic E-state index is -0.516. The lowest BCUT2D eigenvalue weighted by molar-refractivity contribution is -0.148. The van der Waals surface area contributed by atoms with Crippen LogP contribution in [0.25, 0.3) is 10.9 Å². The van der Waals surface area contributed by atoms with Crippen molar-refractivity contribution in [2.45, 2.75) is 32.4 Å². The second-order valence-electron chi connectivity index (χ2n) is 6.66. The van der Waals surface area contributed by atoms with Gasteiger partial charge < -0.3 is 24.3 Å². The zero-order chi connectivity index (χ0) is 22.1. The van der Waals surface area contributed by atoms with Crippen molar-refractivity contribution < 1.29 is 28.5 Å². The van der Waals surface area contributed by atoms with E-state index in [-0.39, 0.29) is 31.2 Å². The molecule has 2 aromatic rings. The number of esters is 1. The van der Waals surface area contributed by atoms with Crippen molar-refractivity contribution in [2.75, 3.05) is 34.5 Å². The van der Waals surface area contributed by atoms with Crippen molar-refractivity contribution in [1.29, 1.82) is 0 Å². The topological polar surface area (TPSA) is 118 Å². The lowest BCUT2D eigenvalue weighted by atomic mass is 10.2. The van der Waals surface area contributed by atoms with E-state index in [1.807, 2.05) is 0 Å². The minimum absolute atomic E-state index is 0.0668. The summed E-state index contributed by atoms with van der Waals surface area (Å²) >= 11 is 0. The van der Waals surface area contributed by atoms with Crippen molar-refractivity contribution in [3.05, 3.63) is 28.8 Å². The van der Waals surface area contributed by atoms with Gasteiger partial charge in [-0.2, -0.15) is 0 Å². The predicted molar refractivity (Wildman–Crippen MR) is 109 cm³/mol. The third-order valence-corrected chi connectivity index (χ3v) is 4.30. The standard InChI is InChI=1S/C20H27N3O7/c1-13(10-27-2)22-18(24)11-30-19(25)6-5-7-23-12-21-15-9-17(29-4)16(28-3)8-14(15)20(23)26/h8-9,12-13H,5-7,10-11H2,1-4H3,(H,22,24). The molecule has 10 heteroatoms. The number of aromatic nitrogens is 2. The van der Waals surface area contributed by atoms with Gasteiger partial charge in [0.25, 0.3) is 11.5 Å². The van der Waals surface area contributed by atoms with Crippen LogP contribution in [0.15, 0.2) is 23.3 Å². The first kappa shape index (κ1) is 23.1. The summed E-state index contributed by atoms with van der Waals surface area (Å²) in [4.78, 5) is 40.5. The smallest absolute Gasteiger partial charge is 0.306 e. The predicted octanol–water partition coefficient (Wildman–Crippen LogP) is 0.888. The number of hydrogen-bond acceptors (Lipinski definition) is 8. The van der Waals surface area contributed by atoms with Crippen LogP contribution in [0.4, 0.5) is 0 Å². The average Bonchev–Trinajstić information content (AvgIpc) is 2.73. The van der Waals surface area contributed by atoms with Crippen molar-refractivity contribution in [1.82, 2.24) is 14.9 Å². The van der Waals surface area contributed by atoms with Gasteiger partial charge in [0.2, 0.25) is 0 Å². The Labute approximate surface area is 174 Å². The summed E-state index contributed by atoms with van der Waals surface area (Å²) < 4.78 is 21.7. The van der Waals surface area contributed by atoms with E-state index < -0.39 is 11.9 Å². The normalized spacial score (nSPS) is 11.7. The molecule has 2 rings (SSSR count). The number of carbonyl (C=O) groups is 2. The molecule has 1 atom stereocenters. The van der Waals surface area contributed by atoms with Crippen LogP contribution in [0.3, 0.4) is 0 Å². The van der Waals surface area contributed by atoms with Gasteiger partial charge in [-0.05, 0) is 19.4 Å². The van der Waals surface area contributed by atoms with E-state index in [2.05, 4.69) is 10.3 Å². The van der Waals surface area contributed by atoms with Crippen LogP contribution >= 0.6 is 0 Å². The second kappa shape index (κ2) is 11.1. The van der Waals surface area contributed by atoms with Crippen LogP contribution in [0.5, 0.6) is 11.5 Å². The van der Waals surface area contributed by atoms with Crippen LogP contribution in [0.1, 0.15) is 19.8 Å². The Morgan fingerprint density at radius 2 is 1.87 bits per heavy atom. The molecule has 0 saturated carbocycles. The van der Waals surface area contributed by atoms with Crippen molar-refractivity contribution in [2.24, 2.45) is 0 Å². The number of carbonyl (C=O) groups excluding carboxylic acids is 2. The second-order valence-corrected chi connectivity index (χ2v) is 6.66. The van der Waals surface area contributed by atoms with Crippen LogP contribution in [0.2, 0.25) is 0 Å². The van der Waals surface area contributed by atoms with Crippen LogP contribution < -0.4 is 20.3 Å². The summed E-state index contributed by atoms with van der Waals surface area (Å²) in [6.07, 6.45) is 1.85. The summed E-state index contributed by atoms with van der Waals surface area (Å²) in [5, 5.41) is 3.03. The largest absolute Gasteiger partial charge is 0.493 e. The Bertz CT molecular complexity index is 942. The summed E-state index contributed by atoms with van der Waals surface area (Å²) in [5.74, 6) is 0.00587. The highest BCUT2D eigenvalue weighted by Gasteiger charge is 2.13. The Morgan fingerprint density at radius 1 is 1.17 bits per heavy atom. The molecule has 0 saturated heterocycles. The highest BCUT2D eigenvalue weighted by atomic mass is 16.5. The number of aryl methyl sites for hydroxylation is 1. The first-order chi connectivity index (χ1) is 14.4. The number of ether oxygens (including phenoxy) is 4. The van der Waals surface area contributed by atoms with Crippen LogP contribution in [-0.4, -0.2) is 62.0 Å². The fourth-order valence-electron chi connectivity index (χ4n) is 2.86. The molecule has 1 amide bonds. The molecule has 1 N–H and O–H groups in total. The highest BCUT2D eigenvalue weighted by molar-refractivity contribution is 5.82. The van der Waals surface area contributed by atoms with Crippen molar-refractivity contribution in [3.8, 4) is 11.5 Å². The Balaban J connectivity index is 1.90. The first-order valence-electron chi connectivity index (χ1n) is 9.44. The number of fused-ring (bicyclic) bond motifs is 1. The van der Waals surface area contributed by atoms with Gasteiger partial charge in [-0.15, -0.1) is 0 Å². The maximum Gasteiger partial charge on any atom is 0.306 e. The number of methoxy groups -OCH3 is 3. The lowest BCUT2D eigenvalue weighted by Gasteiger charge is -2.13. The molecule has 10 nitrogen and oxygen atoms in total. The number of amides is 1. The third kappa shape index (κ3) is 6.18. The fourth-order valence-corrected chi connectivity index (χ4v) is 2.86. The van der Waals surface area contributed by atoms with E-state index in [1.54, 1.807) is 19.1 Å². The molecule has 164 valence electrons. The fraction of sp³-hybridized carbons (Fsp3) is 0.500. The molecule has 0 aliphatic heterocycles. The maximum atomic E-state index is 12.7. The molecule has 30 heavy (non-hydrogen) atoms. The number of hydrogen-bond donors (Lipinski definition) is 1. The molecule has 0 aliphatic rings. The van der Waals surface area contributed by atoms with Gasteiger partial charge in [0.15, 0.2) is 18.1 Å². The Hall–Kier alpha value is -3.14. The molecule has 0 fully saturated rings. The van der Waals surface area contributed by atoms with Crippen LogP contribution in [-0.2, 0) is 25.6 Å². The molecule has 0 spiro atoms. The molecular weight excluding hydrogens is 394 g/mol. The monoisotopic (exact) mass is 421 g/mol. The third-order valence-electron chi connectivity index (χ3n) is 4.30. The SMILES string of the molecule is COCC(C)NC(=O)COC(=O)CCCn1cnc2cc(OC)c(OC)cc2c1=O. The van der Waals surface area contributed by atoms with E-state index in [9.17, 15) is 14.4 Å². The Kier molecular flexibility index (Phi) is 8.60. The van der Waals surface area contributed by atoms with Gasteiger partial charge in [0.1, 0.15) is 0 Å². The van der Waals surface area contributed by atoms with Gasteiger partial charge in [-0.3, -0.25) is 19.0 Å². The highest BCUT2D eigenvalue weighted by Crippen LogP contribution is 2.29.